The van der Waals surface area contributed by atoms with E-state index in [-0.39, 0.29) is 49.9 Å². The zero-order valence-electron chi connectivity index (χ0n) is 47.8. The number of amides is 8. The molecule has 0 saturated carbocycles. The summed E-state index contributed by atoms with van der Waals surface area (Å²) in [7, 11) is 0. The first-order valence-corrected chi connectivity index (χ1v) is 29.8. The number of carbonyl (C=O) groups excluding carboxylic acids is 8. The highest BCUT2D eigenvalue weighted by Crippen LogP contribution is 2.49. The average Bonchev–Trinajstić information content (AvgIpc) is 0.734. The summed E-state index contributed by atoms with van der Waals surface area (Å²) in [4.78, 5) is 122. The molecule has 18 rings (SSSR count). The summed E-state index contributed by atoms with van der Waals surface area (Å²) in [5, 5.41) is 15.5. The quantitative estimate of drug-likeness (QED) is 0.0738. The van der Waals surface area contributed by atoms with E-state index in [1.54, 1.807) is 62.4 Å². The van der Waals surface area contributed by atoms with Crippen LogP contribution in [0.15, 0.2) is 182 Å². The zero-order valence-corrected chi connectivity index (χ0v) is 47.8. The van der Waals surface area contributed by atoms with E-state index in [1.807, 2.05) is 133 Å². The molecule has 89 heavy (non-hydrogen) atoms. The van der Waals surface area contributed by atoms with Crippen LogP contribution in [0.5, 0.6) is 0 Å². The molecule has 0 aliphatic carbocycles. The number of ether oxygens (including phenoxy) is 1. The molecule has 0 radical (unpaired) electrons. The Labute approximate surface area is 505 Å². The largest absolute Gasteiger partial charge is 0.377 e. The Hall–Kier alpha value is -11.3. The van der Waals surface area contributed by atoms with Crippen LogP contribution in [0, 0.1) is 0 Å². The van der Waals surface area contributed by atoms with Gasteiger partial charge in [-0.05, 0) is 160 Å². The SMILES string of the molecule is CC(COCC(C)N1C(=O)c2ccc3c4ccc5c6c(ccc(c7ccc(c2c37)C1=O)c64)C(=O)N(Cc1cccc2ccccc12)C5=O)N1C(=O)c2ccc3c4ccc5c6c(ccc(c7ccc(c2c37)C1=O)c64)C(=O)N(Cc1cccc2ccccc12)C5=O. The van der Waals surface area contributed by atoms with Gasteiger partial charge in [-0.3, -0.25) is 58.0 Å². The zero-order chi connectivity index (χ0) is 60.2. The Morgan fingerprint density at radius 1 is 0.270 bits per heavy atom. The summed E-state index contributed by atoms with van der Waals surface area (Å²) in [6, 6.07) is 55.2. The van der Waals surface area contributed by atoms with Crippen molar-refractivity contribution in [2.75, 3.05) is 13.2 Å². The van der Waals surface area contributed by atoms with Crippen LogP contribution in [0.1, 0.15) is 108 Å². The molecule has 14 aromatic carbocycles. The van der Waals surface area contributed by atoms with Crippen LogP contribution in [0.3, 0.4) is 0 Å². The molecule has 13 heteroatoms. The number of rotatable bonds is 10. The Balaban J connectivity index is 0.608. The molecule has 0 bridgehead atoms. The van der Waals surface area contributed by atoms with Crippen LogP contribution in [-0.2, 0) is 17.8 Å². The summed E-state index contributed by atoms with van der Waals surface area (Å²) in [5.74, 6) is -3.47. The molecule has 0 aromatic heterocycles. The van der Waals surface area contributed by atoms with Crippen molar-refractivity contribution in [1.29, 1.82) is 0 Å². The lowest BCUT2D eigenvalue weighted by Gasteiger charge is -2.34. The van der Waals surface area contributed by atoms with Crippen LogP contribution < -0.4 is 0 Å². The van der Waals surface area contributed by atoms with Gasteiger partial charge in [0.05, 0.1) is 38.4 Å². The first kappa shape index (κ1) is 51.0. The number of carbonyl (C=O) groups is 8. The fourth-order valence-corrected chi connectivity index (χ4v) is 15.5. The highest BCUT2D eigenvalue weighted by atomic mass is 16.5. The lowest BCUT2D eigenvalue weighted by molar-refractivity contribution is 0.0235. The van der Waals surface area contributed by atoms with Crippen LogP contribution in [0.25, 0.3) is 108 Å². The van der Waals surface area contributed by atoms with Crippen molar-refractivity contribution in [2.45, 2.75) is 39.0 Å². The third kappa shape index (κ3) is 6.71. The number of imide groups is 4. The molecule has 0 fully saturated rings. The van der Waals surface area contributed by atoms with E-state index < -0.39 is 35.7 Å². The van der Waals surface area contributed by atoms with Crippen molar-refractivity contribution in [3.05, 3.63) is 238 Å². The maximum atomic E-state index is 14.7. The molecule has 2 unspecified atom stereocenters. The topological polar surface area (TPSA) is 159 Å². The van der Waals surface area contributed by atoms with E-state index in [9.17, 15) is 38.4 Å². The number of nitrogens with zero attached hydrogens (tertiary/aromatic N) is 4. The van der Waals surface area contributed by atoms with Crippen LogP contribution in [0.2, 0.25) is 0 Å². The van der Waals surface area contributed by atoms with Gasteiger partial charge in [0.25, 0.3) is 47.3 Å². The third-order valence-corrected chi connectivity index (χ3v) is 19.5. The second-order valence-electron chi connectivity index (χ2n) is 24.2. The number of benzene rings is 14. The molecule has 13 nitrogen and oxygen atoms in total. The Morgan fingerprint density at radius 2 is 0.517 bits per heavy atom. The standard InChI is InChI=1S/C76H46N4O9/c1-37(79-73(85)57-29-21-49-45-17-25-53-65-54(26-18-46(61(45)65)50-22-30-58(74(79)86)67(57)63(49)50)70(82)77(69(53)81)33-41-13-7-11-39-9-3-5-15-43(39)41)35-89-36-38(2)80-75(87)59-31-23-51-47-19-27-55-66-56(28-20-48(62(47)66)52-24-32-60(76(80)88)68(59)64(51)52)72(84)78(71(55)83)34-42-14-8-12-40-10-4-6-16-44(40)42/h3-32,37-38H,33-36H2,1-2H3. The van der Waals surface area contributed by atoms with Gasteiger partial charge in [-0.1, -0.05) is 133 Å². The van der Waals surface area contributed by atoms with Gasteiger partial charge in [0.1, 0.15) is 0 Å². The highest BCUT2D eigenvalue weighted by molar-refractivity contribution is 6.43. The van der Waals surface area contributed by atoms with Crippen LogP contribution >= 0.6 is 0 Å². The van der Waals surface area contributed by atoms with E-state index in [0.717, 1.165) is 97.3 Å². The predicted molar refractivity (Wildman–Crippen MR) is 342 cm³/mol. The molecule has 2 atom stereocenters. The van der Waals surface area contributed by atoms with Gasteiger partial charge >= 0.3 is 0 Å². The average molecular weight is 1160 g/mol. The summed E-state index contributed by atoms with van der Waals surface area (Å²) in [6.45, 7) is 3.51. The van der Waals surface area contributed by atoms with Crippen LogP contribution in [-0.4, -0.2) is 92.2 Å². The van der Waals surface area contributed by atoms with Crippen molar-refractivity contribution in [3.63, 3.8) is 0 Å². The lowest BCUT2D eigenvalue weighted by Crippen LogP contribution is -2.49. The minimum atomic E-state index is -0.756. The number of hydrogen-bond acceptors (Lipinski definition) is 9. The Morgan fingerprint density at radius 3 is 0.798 bits per heavy atom. The summed E-state index contributed by atoms with van der Waals surface area (Å²) < 4.78 is 6.26. The molecule has 4 heterocycles. The van der Waals surface area contributed by atoms with Crippen molar-refractivity contribution in [1.82, 2.24) is 19.6 Å². The minimum absolute atomic E-state index is 0.0871. The van der Waals surface area contributed by atoms with E-state index in [0.29, 0.717) is 66.1 Å². The molecular weight excluding hydrogens is 1110 g/mol. The molecule has 0 saturated heterocycles. The van der Waals surface area contributed by atoms with Gasteiger partial charge in [-0.15, -0.1) is 0 Å². The van der Waals surface area contributed by atoms with E-state index in [4.69, 9.17) is 4.74 Å². The lowest BCUT2D eigenvalue weighted by atomic mass is 9.82. The summed E-state index contributed by atoms with van der Waals surface area (Å²) in [5.41, 5.74) is 4.84. The molecule has 14 aromatic rings. The fourth-order valence-electron chi connectivity index (χ4n) is 15.5. The van der Waals surface area contributed by atoms with E-state index in [2.05, 4.69) is 0 Å². The van der Waals surface area contributed by atoms with E-state index >= 15 is 0 Å². The number of fused-ring (bicyclic) bond motifs is 6. The summed E-state index contributed by atoms with van der Waals surface area (Å²) >= 11 is 0. The number of hydrogen-bond donors (Lipinski definition) is 0. The molecule has 4 aliphatic heterocycles. The molecule has 8 amide bonds. The smallest absolute Gasteiger partial charge is 0.261 e. The first-order valence-electron chi connectivity index (χ1n) is 29.8. The van der Waals surface area contributed by atoms with Crippen molar-refractivity contribution >= 4 is 155 Å². The van der Waals surface area contributed by atoms with Crippen molar-refractivity contribution in [2.24, 2.45) is 0 Å². The normalized spacial score (nSPS) is 15.8. The Bertz CT molecular complexity index is 5150. The van der Waals surface area contributed by atoms with Crippen molar-refractivity contribution < 1.29 is 43.1 Å². The van der Waals surface area contributed by atoms with Crippen LogP contribution in [0.4, 0.5) is 0 Å². The van der Waals surface area contributed by atoms with Gasteiger partial charge in [-0.2, -0.15) is 0 Å². The molecule has 424 valence electrons. The molecule has 4 aliphatic rings. The van der Waals surface area contributed by atoms with Gasteiger partial charge in [0, 0.05) is 66.1 Å². The monoisotopic (exact) mass is 1160 g/mol. The van der Waals surface area contributed by atoms with Gasteiger partial charge in [-0.25, -0.2) is 0 Å². The second kappa shape index (κ2) is 18.1. The second-order valence-corrected chi connectivity index (χ2v) is 24.2. The molecular formula is C76H46N4O9. The van der Waals surface area contributed by atoms with Gasteiger partial charge in [0.15, 0.2) is 0 Å². The maximum absolute atomic E-state index is 14.7. The minimum Gasteiger partial charge on any atom is -0.377 e. The van der Waals surface area contributed by atoms with Crippen molar-refractivity contribution in [3.8, 4) is 0 Å². The highest BCUT2D eigenvalue weighted by Gasteiger charge is 2.42. The molecule has 0 N–H and O–H groups in total. The Kier molecular flexibility index (Phi) is 10.4. The third-order valence-electron chi connectivity index (χ3n) is 19.5. The van der Waals surface area contributed by atoms with Gasteiger partial charge < -0.3 is 4.74 Å². The predicted octanol–water partition coefficient (Wildman–Crippen LogP) is 14.4. The fraction of sp³-hybridized carbons (Fsp3) is 0.105. The van der Waals surface area contributed by atoms with E-state index in [1.165, 1.54) is 19.6 Å². The first-order chi connectivity index (χ1) is 43.4. The maximum Gasteiger partial charge on any atom is 0.261 e. The molecule has 0 spiro atoms. The summed E-state index contributed by atoms with van der Waals surface area (Å²) in [6.07, 6.45) is 0. The van der Waals surface area contributed by atoms with Gasteiger partial charge in [0.2, 0.25) is 0 Å².